The molecule has 2 aromatic carbocycles. The van der Waals surface area contributed by atoms with Crippen LogP contribution in [0.15, 0.2) is 53.4 Å². The van der Waals surface area contributed by atoms with Crippen molar-refractivity contribution in [3.05, 3.63) is 58.6 Å². The maximum atomic E-state index is 12.7. The molecule has 3 N–H and O–H groups in total. The molecule has 0 heterocycles. The zero-order valence-electron chi connectivity index (χ0n) is 17.9. The summed E-state index contributed by atoms with van der Waals surface area (Å²) in [6.07, 6.45) is 2.49. The predicted molar refractivity (Wildman–Crippen MR) is 121 cm³/mol. The van der Waals surface area contributed by atoms with E-state index in [-0.39, 0.29) is 35.5 Å². The highest BCUT2D eigenvalue weighted by Gasteiger charge is 2.26. The van der Waals surface area contributed by atoms with Crippen molar-refractivity contribution in [2.75, 3.05) is 18.5 Å². The number of nitro benzene ring substituents is 1. The SMILES string of the molecule is CC1CCC(NS(=O)(=O)c2ccc(NCC(O)COc3ccccc3)c([N+](=O)[O-])c2)CC1. The molecule has 174 valence electrons. The second-order valence-corrected chi connectivity index (χ2v) is 9.89. The van der Waals surface area contributed by atoms with Crippen LogP contribution in [0, 0.1) is 16.0 Å². The zero-order chi connectivity index (χ0) is 23.1. The van der Waals surface area contributed by atoms with E-state index in [2.05, 4.69) is 17.0 Å². The van der Waals surface area contributed by atoms with Crippen LogP contribution >= 0.6 is 0 Å². The third-order valence-corrected chi connectivity index (χ3v) is 7.05. The second-order valence-electron chi connectivity index (χ2n) is 8.17. The minimum atomic E-state index is -3.87. The number of aliphatic hydroxyl groups is 1. The Bertz CT molecular complexity index is 1010. The molecule has 2 aromatic rings. The number of hydrogen-bond acceptors (Lipinski definition) is 7. The van der Waals surface area contributed by atoms with Crippen LogP contribution in [0.2, 0.25) is 0 Å². The molecule has 0 aliphatic heterocycles. The standard InChI is InChI=1S/C22H29N3O6S/c1-16-7-9-17(10-8-16)24-32(29,30)20-11-12-21(22(13-20)25(27)28)23-14-18(26)15-31-19-5-3-2-4-6-19/h2-6,11-13,16-18,23-24,26H,7-10,14-15H2,1H3. The number of nitrogens with zero attached hydrogens (tertiary/aromatic N) is 1. The third kappa shape index (κ3) is 6.65. The molecule has 1 aliphatic carbocycles. The van der Waals surface area contributed by atoms with Crippen molar-refractivity contribution in [1.82, 2.24) is 4.72 Å². The van der Waals surface area contributed by atoms with Crippen molar-refractivity contribution in [1.29, 1.82) is 0 Å². The van der Waals surface area contributed by atoms with Crippen LogP contribution in [0.1, 0.15) is 32.6 Å². The highest BCUT2D eigenvalue weighted by atomic mass is 32.2. The fraction of sp³-hybridized carbons (Fsp3) is 0.455. The first-order valence-electron chi connectivity index (χ1n) is 10.6. The van der Waals surface area contributed by atoms with Crippen molar-refractivity contribution < 1.29 is 23.2 Å². The smallest absolute Gasteiger partial charge is 0.293 e. The number of rotatable bonds is 10. The summed E-state index contributed by atoms with van der Waals surface area (Å²) in [6, 6.07) is 12.5. The van der Waals surface area contributed by atoms with Crippen molar-refractivity contribution >= 4 is 21.4 Å². The molecule has 1 fully saturated rings. The number of nitrogens with one attached hydrogen (secondary N) is 2. The Hall–Kier alpha value is -2.69. The number of aliphatic hydroxyl groups excluding tert-OH is 1. The van der Waals surface area contributed by atoms with Crippen molar-refractivity contribution in [3.8, 4) is 5.75 Å². The van der Waals surface area contributed by atoms with E-state index >= 15 is 0 Å². The van der Waals surface area contributed by atoms with Gasteiger partial charge in [-0.05, 0) is 55.9 Å². The number of nitro groups is 1. The molecule has 0 amide bonds. The molecule has 0 bridgehead atoms. The summed E-state index contributed by atoms with van der Waals surface area (Å²) < 4.78 is 33.6. The van der Waals surface area contributed by atoms with Gasteiger partial charge in [0.2, 0.25) is 10.0 Å². The van der Waals surface area contributed by atoms with Gasteiger partial charge in [-0.25, -0.2) is 13.1 Å². The van der Waals surface area contributed by atoms with Crippen LogP contribution in [0.4, 0.5) is 11.4 Å². The summed E-state index contributed by atoms with van der Waals surface area (Å²) in [6.45, 7) is 2.14. The van der Waals surface area contributed by atoms with Crippen LogP contribution in [0.3, 0.4) is 0 Å². The van der Waals surface area contributed by atoms with Gasteiger partial charge in [0.25, 0.3) is 5.69 Å². The fourth-order valence-electron chi connectivity index (χ4n) is 3.64. The Morgan fingerprint density at radius 1 is 1.16 bits per heavy atom. The number of benzene rings is 2. The van der Waals surface area contributed by atoms with Gasteiger partial charge in [0.1, 0.15) is 24.1 Å². The van der Waals surface area contributed by atoms with Gasteiger partial charge in [-0.15, -0.1) is 0 Å². The van der Waals surface area contributed by atoms with E-state index in [4.69, 9.17) is 4.74 Å². The second kappa shape index (κ2) is 10.8. The lowest BCUT2D eigenvalue weighted by Crippen LogP contribution is -2.37. The van der Waals surface area contributed by atoms with Crippen molar-refractivity contribution in [2.24, 2.45) is 5.92 Å². The molecule has 1 aliphatic rings. The topological polar surface area (TPSA) is 131 Å². The Morgan fingerprint density at radius 2 is 1.84 bits per heavy atom. The van der Waals surface area contributed by atoms with E-state index in [0.717, 1.165) is 31.7 Å². The molecule has 1 atom stereocenters. The van der Waals surface area contributed by atoms with Gasteiger partial charge in [-0.3, -0.25) is 10.1 Å². The molecule has 10 heteroatoms. The Kier molecular flexibility index (Phi) is 8.05. The van der Waals surface area contributed by atoms with E-state index in [9.17, 15) is 23.6 Å². The van der Waals surface area contributed by atoms with Crippen LogP contribution in [0.5, 0.6) is 5.75 Å². The number of sulfonamides is 1. The molecule has 0 radical (unpaired) electrons. The Morgan fingerprint density at radius 3 is 2.50 bits per heavy atom. The molecule has 1 unspecified atom stereocenters. The summed E-state index contributed by atoms with van der Waals surface area (Å²) in [7, 11) is -3.87. The van der Waals surface area contributed by atoms with Gasteiger partial charge in [-0.2, -0.15) is 0 Å². The molecule has 1 saturated carbocycles. The lowest BCUT2D eigenvalue weighted by molar-refractivity contribution is -0.384. The third-order valence-electron chi connectivity index (χ3n) is 5.53. The van der Waals surface area contributed by atoms with Crippen molar-refractivity contribution in [3.63, 3.8) is 0 Å². The highest BCUT2D eigenvalue weighted by Crippen LogP contribution is 2.29. The quantitative estimate of drug-likeness (QED) is 0.364. The molecule has 3 rings (SSSR count). The highest BCUT2D eigenvalue weighted by molar-refractivity contribution is 7.89. The van der Waals surface area contributed by atoms with E-state index in [0.29, 0.717) is 11.7 Å². The molecule has 0 aromatic heterocycles. The van der Waals surface area contributed by atoms with Gasteiger partial charge in [0.05, 0.1) is 9.82 Å². The van der Waals surface area contributed by atoms with E-state index in [1.54, 1.807) is 12.1 Å². The predicted octanol–water partition coefficient (Wildman–Crippen LogP) is 3.30. The number of ether oxygens (including phenoxy) is 1. The van der Waals surface area contributed by atoms with Crippen LogP contribution in [-0.4, -0.2) is 43.7 Å². The first-order chi connectivity index (χ1) is 15.2. The molecule has 32 heavy (non-hydrogen) atoms. The van der Waals surface area contributed by atoms with E-state index in [1.165, 1.54) is 12.1 Å². The average molecular weight is 464 g/mol. The van der Waals surface area contributed by atoms with Gasteiger partial charge in [-0.1, -0.05) is 25.1 Å². The molecule has 0 spiro atoms. The zero-order valence-corrected chi connectivity index (χ0v) is 18.8. The minimum Gasteiger partial charge on any atom is -0.491 e. The summed E-state index contributed by atoms with van der Waals surface area (Å²) >= 11 is 0. The molecule has 0 saturated heterocycles. The number of para-hydroxylation sites is 1. The van der Waals surface area contributed by atoms with E-state index < -0.39 is 21.1 Å². The number of anilines is 1. The average Bonchev–Trinajstić information content (AvgIpc) is 2.78. The molecular formula is C22H29N3O6S. The van der Waals surface area contributed by atoms with E-state index in [1.807, 2.05) is 18.2 Å². The normalized spacial score (nSPS) is 19.8. The largest absolute Gasteiger partial charge is 0.491 e. The van der Waals surface area contributed by atoms with Gasteiger partial charge >= 0.3 is 0 Å². The summed E-state index contributed by atoms with van der Waals surface area (Å²) in [5.74, 6) is 1.18. The Balaban J connectivity index is 1.63. The minimum absolute atomic E-state index is 0.00119. The first kappa shape index (κ1) is 24.0. The maximum Gasteiger partial charge on any atom is 0.293 e. The molecular weight excluding hydrogens is 434 g/mol. The fourth-order valence-corrected chi connectivity index (χ4v) is 4.96. The summed E-state index contributed by atoms with van der Waals surface area (Å²) in [5.41, 5.74) is -0.250. The summed E-state index contributed by atoms with van der Waals surface area (Å²) in [5, 5.41) is 24.5. The van der Waals surface area contributed by atoms with Gasteiger partial charge in [0.15, 0.2) is 0 Å². The lowest BCUT2D eigenvalue weighted by atomic mass is 9.88. The van der Waals surface area contributed by atoms with Gasteiger partial charge < -0.3 is 15.2 Å². The monoisotopic (exact) mass is 463 g/mol. The maximum absolute atomic E-state index is 12.7. The van der Waals surface area contributed by atoms with Gasteiger partial charge in [0, 0.05) is 18.7 Å². The van der Waals surface area contributed by atoms with Crippen LogP contribution in [-0.2, 0) is 10.0 Å². The number of hydrogen-bond donors (Lipinski definition) is 3. The van der Waals surface area contributed by atoms with Crippen LogP contribution < -0.4 is 14.8 Å². The Labute approximate surface area is 188 Å². The van der Waals surface area contributed by atoms with Crippen molar-refractivity contribution in [2.45, 2.75) is 49.6 Å². The van der Waals surface area contributed by atoms with Crippen LogP contribution in [0.25, 0.3) is 0 Å². The lowest BCUT2D eigenvalue weighted by Gasteiger charge is -2.26. The first-order valence-corrected chi connectivity index (χ1v) is 12.1. The molecule has 9 nitrogen and oxygen atoms in total. The summed E-state index contributed by atoms with van der Waals surface area (Å²) in [4.78, 5) is 10.8.